The van der Waals surface area contributed by atoms with Gasteiger partial charge >= 0.3 is 0 Å². The lowest BCUT2D eigenvalue weighted by Gasteiger charge is -2.31. The molecule has 0 saturated carbocycles. The lowest BCUT2D eigenvalue weighted by Crippen LogP contribution is -2.38. The van der Waals surface area contributed by atoms with Crippen molar-refractivity contribution in [2.75, 3.05) is 20.2 Å². The summed E-state index contributed by atoms with van der Waals surface area (Å²) in [5.74, 6) is 2.50. The van der Waals surface area contributed by atoms with E-state index in [2.05, 4.69) is 9.97 Å². The van der Waals surface area contributed by atoms with Gasteiger partial charge in [-0.1, -0.05) is 12.1 Å². The molecule has 5 nitrogen and oxygen atoms in total. The van der Waals surface area contributed by atoms with Crippen molar-refractivity contribution in [2.45, 2.75) is 25.2 Å². The Morgan fingerprint density at radius 1 is 1.32 bits per heavy atom. The summed E-state index contributed by atoms with van der Waals surface area (Å²) in [6.07, 6.45) is 6.05. The number of carbonyl (C=O) groups excluding carboxylic acids is 1. The van der Waals surface area contributed by atoms with Crippen LogP contribution < -0.4 is 4.74 Å². The number of aromatic nitrogens is 2. The number of rotatable bonds is 4. The minimum atomic E-state index is 0.197. The number of ether oxygens (including phenoxy) is 1. The van der Waals surface area contributed by atoms with Gasteiger partial charge in [-0.2, -0.15) is 0 Å². The molecule has 0 aliphatic carbocycles. The average molecular weight is 299 g/mol. The van der Waals surface area contributed by atoms with Gasteiger partial charge in [-0.15, -0.1) is 0 Å². The van der Waals surface area contributed by atoms with E-state index >= 15 is 0 Å². The number of hydrogen-bond acceptors (Lipinski definition) is 3. The second-order valence-electron chi connectivity index (χ2n) is 5.65. The van der Waals surface area contributed by atoms with Crippen molar-refractivity contribution in [1.29, 1.82) is 0 Å². The van der Waals surface area contributed by atoms with Crippen molar-refractivity contribution in [2.24, 2.45) is 0 Å². The zero-order chi connectivity index (χ0) is 15.4. The van der Waals surface area contributed by atoms with Crippen molar-refractivity contribution >= 4 is 5.91 Å². The lowest BCUT2D eigenvalue weighted by molar-refractivity contribution is -0.131. The highest BCUT2D eigenvalue weighted by atomic mass is 16.5. The van der Waals surface area contributed by atoms with Gasteiger partial charge in [-0.25, -0.2) is 4.98 Å². The van der Waals surface area contributed by atoms with E-state index in [-0.39, 0.29) is 5.91 Å². The molecule has 0 atom stereocenters. The fraction of sp³-hybridized carbons (Fsp3) is 0.412. The van der Waals surface area contributed by atoms with Gasteiger partial charge < -0.3 is 14.6 Å². The number of piperidine rings is 1. The number of likely N-dealkylation sites (tertiary alicyclic amines) is 1. The largest absolute Gasteiger partial charge is 0.497 e. The molecule has 22 heavy (non-hydrogen) atoms. The van der Waals surface area contributed by atoms with Gasteiger partial charge in [0.25, 0.3) is 0 Å². The number of amides is 1. The van der Waals surface area contributed by atoms with Gasteiger partial charge in [0, 0.05) is 31.4 Å². The number of methoxy groups -OCH3 is 1. The molecule has 0 radical (unpaired) electrons. The maximum absolute atomic E-state index is 12.4. The quantitative estimate of drug-likeness (QED) is 0.943. The lowest BCUT2D eigenvalue weighted by atomic mass is 9.95. The molecule has 1 aromatic heterocycles. The third-order valence-corrected chi connectivity index (χ3v) is 4.27. The number of nitrogens with one attached hydrogen (secondary N) is 1. The molecular formula is C17H21N3O2. The Hall–Kier alpha value is -2.30. The Morgan fingerprint density at radius 3 is 2.64 bits per heavy atom. The third-order valence-electron chi connectivity index (χ3n) is 4.27. The Morgan fingerprint density at radius 2 is 2.05 bits per heavy atom. The molecule has 116 valence electrons. The first-order valence-electron chi connectivity index (χ1n) is 7.66. The first kappa shape index (κ1) is 14.6. The highest BCUT2D eigenvalue weighted by Gasteiger charge is 2.24. The zero-order valence-electron chi connectivity index (χ0n) is 12.8. The van der Waals surface area contributed by atoms with Crippen molar-refractivity contribution < 1.29 is 9.53 Å². The van der Waals surface area contributed by atoms with E-state index in [1.165, 1.54) is 0 Å². The van der Waals surface area contributed by atoms with Gasteiger partial charge in [0.2, 0.25) is 5.91 Å². The maximum atomic E-state index is 12.4. The van der Waals surface area contributed by atoms with Gasteiger partial charge in [0.1, 0.15) is 11.6 Å². The van der Waals surface area contributed by atoms with Gasteiger partial charge in [0.15, 0.2) is 0 Å². The number of H-pyrrole nitrogens is 1. The normalized spacial score (nSPS) is 15.8. The molecule has 0 spiro atoms. The summed E-state index contributed by atoms with van der Waals surface area (Å²) in [6, 6.07) is 7.69. The number of aromatic amines is 1. The van der Waals surface area contributed by atoms with Gasteiger partial charge in [-0.3, -0.25) is 4.79 Å². The van der Waals surface area contributed by atoms with Crippen LogP contribution in [0, 0.1) is 0 Å². The summed E-state index contributed by atoms with van der Waals surface area (Å²) < 4.78 is 5.13. The van der Waals surface area contributed by atoms with Crippen LogP contribution in [0.25, 0.3) is 0 Å². The molecule has 1 amide bonds. The second-order valence-corrected chi connectivity index (χ2v) is 5.65. The first-order valence-corrected chi connectivity index (χ1v) is 7.66. The second kappa shape index (κ2) is 6.64. The van der Waals surface area contributed by atoms with Crippen LogP contribution in [0.15, 0.2) is 36.7 Å². The van der Waals surface area contributed by atoms with Crippen LogP contribution in [-0.4, -0.2) is 41.0 Å². The summed E-state index contributed by atoms with van der Waals surface area (Å²) in [6.45, 7) is 1.61. The summed E-state index contributed by atoms with van der Waals surface area (Å²) in [7, 11) is 1.64. The number of nitrogens with zero attached hydrogens (tertiary/aromatic N) is 2. The zero-order valence-corrected chi connectivity index (χ0v) is 12.8. The number of hydrogen-bond donors (Lipinski definition) is 1. The molecule has 1 N–H and O–H groups in total. The molecule has 0 unspecified atom stereocenters. The van der Waals surface area contributed by atoms with Gasteiger partial charge in [-0.05, 0) is 30.5 Å². The highest BCUT2D eigenvalue weighted by Crippen LogP contribution is 2.25. The fourth-order valence-electron chi connectivity index (χ4n) is 2.93. The summed E-state index contributed by atoms with van der Waals surface area (Å²) in [5.41, 5.74) is 1.03. The summed E-state index contributed by atoms with van der Waals surface area (Å²) in [5, 5.41) is 0. The SMILES string of the molecule is COc1ccc(CC(=O)N2CCC(c3ncc[nH]3)CC2)cc1. The number of imidazole rings is 1. The first-order chi connectivity index (χ1) is 10.8. The van der Waals surface area contributed by atoms with Crippen LogP contribution >= 0.6 is 0 Å². The molecule has 2 heterocycles. The van der Waals surface area contributed by atoms with Crippen molar-refractivity contribution in [1.82, 2.24) is 14.9 Å². The smallest absolute Gasteiger partial charge is 0.226 e. The molecular weight excluding hydrogens is 278 g/mol. The molecule has 3 rings (SSSR count). The molecule has 5 heteroatoms. The van der Waals surface area contributed by atoms with E-state index in [0.29, 0.717) is 12.3 Å². The predicted molar refractivity (Wildman–Crippen MR) is 83.8 cm³/mol. The van der Waals surface area contributed by atoms with Gasteiger partial charge in [0.05, 0.1) is 13.5 Å². The Labute approximate surface area is 130 Å². The molecule has 1 aliphatic heterocycles. The maximum Gasteiger partial charge on any atom is 0.226 e. The standard InChI is InChI=1S/C17H21N3O2/c1-22-15-4-2-13(3-5-15)12-16(21)20-10-6-14(7-11-20)17-18-8-9-19-17/h2-5,8-9,14H,6-7,10-12H2,1H3,(H,18,19). The van der Waals surface area contributed by atoms with Crippen LogP contribution in [0.3, 0.4) is 0 Å². The highest BCUT2D eigenvalue weighted by molar-refractivity contribution is 5.78. The topological polar surface area (TPSA) is 58.2 Å². The molecule has 1 aliphatic rings. The van der Waals surface area contributed by atoms with E-state index in [1.54, 1.807) is 13.3 Å². The molecule has 2 aromatic rings. The van der Waals surface area contributed by atoms with E-state index in [1.807, 2.05) is 35.4 Å². The molecule has 0 bridgehead atoms. The third kappa shape index (κ3) is 3.30. The van der Waals surface area contributed by atoms with Crippen LogP contribution in [0.5, 0.6) is 5.75 Å². The van der Waals surface area contributed by atoms with E-state index in [4.69, 9.17) is 4.74 Å². The van der Waals surface area contributed by atoms with Crippen LogP contribution in [0.2, 0.25) is 0 Å². The minimum Gasteiger partial charge on any atom is -0.497 e. The molecule has 1 fully saturated rings. The number of benzene rings is 1. The van der Waals surface area contributed by atoms with E-state index in [0.717, 1.165) is 43.1 Å². The van der Waals surface area contributed by atoms with Crippen LogP contribution in [0.1, 0.15) is 30.1 Å². The Balaban J connectivity index is 1.53. The van der Waals surface area contributed by atoms with Crippen molar-refractivity contribution in [3.05, 3.63) is 48.0 Å². The number of carbonyl (C=O) groups is 1. The molecule has 1 saturated heterocycles. The predicted octanol–water partition coefficient (Wildman–Crippen LogP) is 2.37. The van der Waals surface area contributed by atoms with Crippen LogP contribution in [0.4, 0.5) is 0 Å². The van der Waals surface area contributed by atoms with E-state index < -0.39 is 0 Å². The van der Waals surface area contributed by atoms with Crippen molar-refractivity contribution in [3.63, 3.8) is 0 Å². The van der Waals surface area contributed by atoms with E-state index in [9.17, 15) is 4.79 Å². The summed E-state index contributed by atoms with van der Waals surface area (Å²) >= 11 is 0. The monoisotopic (exact) mass is 299 g/mol. The minimum absolute atomic E-state index is 0.197. The van der Waals surface area contributed by atoms with Crippen molar-refractivity contribution in [3.8, 4) is 5.75 Å². The fourth-order valence-corrected chi connectivity index (χ4v) is 2.93. The molecule has 1 aromatic carbocycles. The average Bonchev–Trinajstić information content (AvgIpc) is 3.10. The Kier molecular flexibility index (Phi) is 4.42. The summed E-state index contributed by atoms with van der Waals surface area (Å²) in [4.78, 5) is 21.8. The Bertz CT molecular complexity index is 599. The van der Waals surface area contributed by atoms with Crippen LogP contribution in [-0.2, 0) is 11.2 Å².